The number of allylic oxidation sites excluding steroid dienone is 4. The van der Waals surface area contributed by atoms with Gasteiger partial charge in [-0.1, -0.05) is 140 Å². The van der Waals surface area contributed by atoms with E-state index in [0.29, 0.717) is 0 Å². The van der Waals surface area contributed by atoms with Crippen LogP contribution in [0.3, 0.4) is 0 Å². The zero-order chi connectivity index (χ0) is 33.7. The second-order valence-corrected chi connectivity index (χ2v) is 13.4. The van der Waals surface area contributed by atoms with Crippen LogP contribution in [0.2, 0.25) is 0 Å². The Kier molecular flexibility index (Phi) is 6.92. The number of benzene rings is 7. The first-order valence-electron chi connectivity index (χ1n) is 17.6. The lowest BCUT2D eigenvalue weighted by molar-refractivity contribution is 0.932. The minimum Gasteiger partial charge on any atom is -0.330 e. The van der Waals surface area contributed by atoms with Crippen LogP contribution in [0.4, 0.5) is 11.4 Å². The Balaban J connectivity index is 0.938. The molecule has 1 unspecified atom stereocenters. The third kappa shape index (κ3) is 5.04. The van der Waals surface area contributed by atoms with Gasteiger partial charge in [-0.3, -0.25) is 0 Å². The number of fused-ring (bicyclic) bond motifs is 6. The molecule has 240 valence electrons. The molecular formula is C49H34N2. The van der Waals surface area contributed by atoms with Crippen LogP contribution < -0.4 is 4.90 Å². The average molecular weight is 651 g/mol. The van der Waals surface area contributed by atoms with Gasteiger partial charge in [-0.25, -0.2) is 0 Å². The first-order valence-corrected chi connectivity index (χ1v) is 17.6. The normalized spacial score (nSPS) is 14.8. The maximum Gasteiger partial charge on any atom is 0.0718 e. The summed E-state index contributed by atoms with van der Waals surface area (Å²) >= 11 is 0. The number of hydrogen-bond acceptors (Lipinski definition) is 1. The van der Waals surface area contributed by atoms with Crippen molar-refractivity contribution in [3.63, 3.8) is 0 Å². The smallest absolute Gasteiger partial charge is 0.0718 e. The quantitative estimate of drug-likeness (QED) is 0.180. The summed E-state index contributed by atoms with van der Waals surface area (Å²) in [6, 6.07) is 62.0. The van der Waals surface area contributed by atoms with E-state index in [1.54, 1.807) is 0 Å². The zero-order valence-electron chi connectivity index (χ0n) is 28.0. The molecule has 1 aliphatic carbocycles. The van der Waals surface area contributed by atoms with Crippen LogP contribution in [0.15, 0.2) is 200 Å². The lowest BCUT2D eigenvalue weighted by atomic mass is 9.94. The second kappa shape index (κ2) is 12.0. The number of para-hydroxylation sites is 3. The number of anilines is 2. The average Bonchev–Trinajstić information content (AvgIpc) is 3.39. The van der Waals surface area contributed by atoms with Crippen molar-refractivity contribution in [2.24, 2.45) is 0 Å². The summed E-state index contributed by atoms with van der Waals surface area (Å²) in [6.45, 7) is 0. The Bertz CT molecular complexity index is 2630. The molecule has 51 heavy (non-hydrogen) atoms. The van der Waals surface area contributed by atoms with Gasteiger partial charge in [0.2, 0.25) is 0 Å². The van der Waals surface area contributed by atoms with E-state index < -0.39 is 0 Å². The first kappa shape index (κ1) is 29.3. The van der Waals surface area contributed by atoms with Gasteiger partial charge < -0.3 is 9.47 Å². The van der Waals surface area contributed by atoms with Crippen LogP contribution in [0.1, 0.15) is 5.56 Å². The molecule has 2 aliphatic rings. The van der Waals surface area contributed by atoms with Crippen molar-refractivity contribution in [1.82, 2.24) is 4.57 Å². The van der Waals surface area contributed by atoms with Crippen molar-refractivity contribution in [2.45, 2.75) is 6.04 Å². The second-order valence-electron chi connectivity index (χ2n) is 13.4. The van der Waals surface area contributed by atoms with Gasteiger partial charge in [-0.2, -0.15) is 0 Å². The van der Waals surface area contributed by atoms with Gasteiger partial charge in [0, 0.05) is 33.4 Å². The fourth-order valence-corrected chi connectivity index (χ4v) is 7.95. The first-order chi connectivity index (χ1) is 25.3. The molecule has 1 aliphatic heterocycles. The molecule has 0 radical (unpaired) electrons. The summed E-state index contributed by atoms with van der Waals surface area (Å²) < 4.78 is 2.37. The maximum absolute atomic E-state index is 2.43. The molecule has 0 fully saturated rings. The van der Waals surface area contributed by atoms with Crippen LogP contribution in [0.25, 0.3) is 66.4 Å². The van der Waals surface area contributed by atoms with E-state index in [0.717, 1.165) is 0 Å². The van der Waals surface area contributed by atoms with E-state index in [1.807, 2.05) is 0 Å². The van der Waals surface area contributed by atoms with Gasteiger partial charge in [-0.05, 0) is 99.6 Å². The largest absolute Gasteiger partial charge is 0.330 e. The molecule has 0 N–H and O–H groups in total. The summed E-state index contributed by atoms with van der Waals surface area (Å²) in [5.74, 6) is 0. The minimum absolute atomic E-state index is 0.177. The topological polar surface area (TPSA) is 8.17 Å². The Morgan fingerprint density at radius 2 is 0.941 bits per heavy atom. The van der Waals surface area contributed by atoms with Crippen molar-refractivity contribution in [3.05, 3.63) is 206 Å². The highest BCUT2D eigenvalue weighted by Crippen LogP contribution is 2.41. The lowest BCUT2D eigenvalue weighted by Gasteiger charge is -2.35. The molecule has 2 nitrogen and oxygen atoms in total. The molecule has 0 amide bonds. The Labute approximate surface area is 298 Å². The van der Waals surface area contributed by atoms with E-state index in [-0.39, 0.29) is 6.04 Å². The van der Waals surface area contributed by atoms with E-state index in [1.165, 1.54) is 83.4 Å². The monoisotopic (exact) mass is 650 g/mol. The van der Waals surface area contributed by atoms with Gasteiger partial charge >= 0.3 is 0 Å². The highest BCUT2D eigenvalue weighted by Gasteiger charge is 2.26. The summed E-state index contributed by atoms with van der Waals surface area (Å²) in [5, 5.41) is 2.56. The lowest BCUT2D eigenvalue weighted by Crippen LogP contribution is -2.31. The van der Waals surface area contributed by atoms with Gasteiger partial charge in [0.1, 0.15) is 0 Å². The van der Waals surface area contributed by atoms with E-state index in [4.69, 9.17) is 0 Å². The van der Waals surface area contributed by atoms with Gasteiger partial charge in [0.25, 0.3) is 0 Å². The molecule has 8 aromatic rings. The van der Waals surface area contributed by atoms with Crippen molar-refractivity contribution in [2.75, 3.05) is 4.90 Å². The highest BCUT2D eigenvalue weighted by atomic mass is 15.2. The summed E-state index contributed by atoms with van der Waals surface area (Å²) in [7, 11) is 0. The number of aromatic nitrogens is 1. The third-order valence-corrected chi connectivity index (χ3v) is 10.4. The number of rotatable bonds is 5. The van der Waals surface area contributed by atoms with Crippen molar-refractivity contribution in [1.29, 1.82) is 0 Å². The summed E-state index contributed by atoms with van der Waals surface area (Å²) in [4.78, 5) is 2.43. The van der Waals surface area contributed by atoms with Crippen LogP contribution >= 0.6 is 0 Å². The van der Waals surface area contributed by atoms with Crippen LogP contribution in [-0.4, -0.2) is 10.6 Å². The maximum atomic E-state index is 2.43. The highest BCUT2D eigenvalue weighted by molar-refractivity contribution is 6.09. The van der Waals surface area contributed by atoms with Crippen molar-refractivity contribution < 1.29 is 0 Å². The fourth-order valence-electron chi connectivity index (χ4n) is 7.95. The Hall–Kier alpha value is -6.64. The van der Waals surface area contributed by atoms with E-state index >= 15 is 0 Å². The third-order valence-electron chi connectivity index (χ3n) is 10.4. The molecular weight excluding hydrogens is 617 g/mol. The Morgan fingerprint density at radius 1 is 0.412 bits per heavy atom. The zero-order valence-corrected chi connectivity index (χ0v) is 28.0. The molecule has 2 bridgehead atoms. The molecule has 0 saturated heterocycles. The molecule has 1 aromatic heterocycles. The fraction of sp³-hybridized carbons (Fsp3) is 0.0204. The SMILES string of the molecule is C1=CC2=CC(C=C1)N(c1ccc(-c3cccc(-c4cccc(-c5ccc(-n6c7ccccc7c7ccccc76)cc5)c4)c3)cc1)c1ccccc12. The minimum atomic E-state index is 0.177. The number of nitrogens with zero attached hydrogens (tertiary/aromatic N) is 2. The van der Waals surface area contributed by atoms with Crippen molar-refractivity contribution >= 4 is 38.8 Å². The standard InChI is InChI=1S/C49H34N2/c1-2-16-43-33-40(11-1)44-17-3-6-20-47(44)50(43)41-27-23-34(24-28-41)36-12-9-14-38(31-36)39-15-10-13-37(32-39)35-25-29-42(30-26-35)51-48-21-7-4-18-45(48)46-19-5-8-22-49(46)51/h1-33,43H. The van der Waals surface area contributed by atoms with E-state index in [9.17, 15) is 0 Å². The van der Waals surface area contributed by atoms with Crippen molar-refractivity contribution in [3.8, 4) is 39.1 Å². The molecule has 2 heteroatoms. The molecule has 7 aromatic carbocycles. The van der Waals surface area contributed by atoms with Crippen LogP contribution in [0, 0.1) is 0 Å². The molecule has 10 rings (SSSR count). The summed E-state index contributed by atoms with van der Waals surface area (Å²) in [5.41, 5.74) is 15.8. The predicted octanol–water partition coefficient (Wildman–Crippen LogP) is 12.8. The molecule has 0 saturated carbocycles. The van der Waals surface area contributed by atoms with Crippen LogP contribution in [0.5, 0.6) is 0 Å². The van der Waals surface area contributed by atoms with Crippen LogP contribution in [-0.2, 0) is 0 Å². The number of hydrogen-bond donors (Lipinski definition) is 0. The molecule has 1 atom stereocenters. The molecule has 0 spiro atoms. The van der Waals surface area contributed by atoms with E-state index in [2.05, 4.69) is 210 Å². The molecule has 2 heterocycles. The Morgan fingerprint density at radius 3 is 1.57 bits per heavy atom. The van der Waals surface area contributed by atoms with Gasteiger partial charge in [0.15, 0.2) is 0 Å². The van der Waals surface area contributed by atoms with Gasteiger partial charge in [0.05, 0.1) is 17.1 Å². The van der Waals surface area contributed by atoms with Gasteiger partial charge in [-0.15, -0.1) is 0 Å². The summed E-state index contributed by atoms with van der Waals surface area (Å²) in [6.07, 6.45) is 11.1. The predicted molar refractivity (Wildman–Crippen MR) is 216 cm³/mol.